The molecule has 0 bridgehead atoms. The average molecular weight is 391 g/mol. The van der Waals surface area contributed by atoms with Crippen molar-refractivity contribution in [3.63, 3.8) is 0 Å². The first-order valence-corrected chi connectivity index (χ1v) is 10.5. The topological polar surface area (TPSA) is 35.0 Å². The number of nitrogens with zero attached hydrogens (tertiary/aromatic N) is 2. The molecule has 0 aliphatic heterocycles. The largest absolute Gasteiger partial charge is 0.497 e. The van der Waals surface area contributed by atoms with Gasteiger partial charge in [-0.05, 0) is 60.4 Å². The molecular formula is C22H18N2OS2. The fourth-order valence-corrected chi connectivity index (χ4v) is 4.33. The van der Waals surface area contributed by atoms with Gasteiger partial charge in [0, 0.05) is 28.4 Å². The summed E-state index contributed by atoms with van der Waals surface area (Å²) >= 11 is 3.45. The molecule has 2 aromatic heterocycles. The zero-order valence-electron chi connectivity index (χ0n) is 15.0. The Labute approximate surface area is 167 Å². The third-order valence-corrected chi connectivity index (χ3v) is 6.17. The van der Waals surface area contributed by atoms with E-state index in [0.717, 1.165) is 38.0 Å². The normalized spacial score (nSPS) is 10.7. The Bertz CT molecular complexity index is 1030. The number of hydrogen-bond acceptors (Lipinski definition) is 5. The monoisotopic (exact) mass is 390 g/mol. The molecule has 0 fully saturated rings. The maximum Gasteiger partial charge on any atom is 0.124 e. The molecule has 2 heterocycles. The smallest absolute Gasteiger partial charge is 0.124 e. The highest BCUT2D eigenvalue weighted by atomic mass is 32.2. The molecule has 5 heteroatoms. The minimum atomic E-state index is 0.840. The lowest BCUT2D eigenvalue weighted by molar-refractivity contribution is 0.415. The summed E-state index contributed by atoms with van der Waals surface area (Å²) in [5.41, 5.74) is 4.32. The van der Waals surface area contributed by atoms with Gasteiger partial charge < -0.3 is 4.74 Å². The van der Waals surface area contributed by atoms with Crippen LogP contribution in [-0.2, 0) is 0 Å². The van der Waals surface area contributed by atoms with Crippen molar-refractivity contribution < 1.29 is 4.74 Å². The minimum Gasteiger partial charge on any atom is -0.497 e. The summed E-state index contributed by atoms with van der Waals surface area (Å²) in [7, 11) is 1.68. The number of rotatable bonds is 5. The van der Waals surface area contributed by atoms with E-state index >= 15 is 0 Å². The first-order valence-electron chi connectivity index (χ1n) is 8.48. The van der Waals surface area contributed by atoms with E-state index < -0.39 is 0 Å². The zero-order chi connectivity index (χ0) is 18.6. The molecule has 0 unspecified atom stereocenters. The predicted octanol–water partition coefficient (Wildman–Crippen LogP) is 6.27. The van der Waals surface area contributed by atoms with Gasteiger partial charge in [-0.1, -0.05) is 12.1 Å². The Kier molecular flexibility index (Phi) is 5.23. The van der Waals surface area contributed by atoms with E-state index in [1.54, 1.807) is 30.2 Å². The van der Waals surface area contributed by atoms with Crippen LogP contribution in [0.15, 0.2) is 78.0 Å². The molecule has 0 radical (unpaired) electrons. The van der Waals surface area contributed by atoms with Gasteiger partial charge in [0.25, 0.3) is 0 Å². The summed E-state index contributed by atoms with van der Waals surface area (Å²) in [6, 6.07) is 20.7. The van der Waals surface area contributed by atoms with E-state index in [0.29, 0.717) is 0 Å². The Morgan fingerprint density at radius 2 is 1.48 bits per heavy atom. The number of hydrogen-bond donors (Lipinski definition) is 0. The molecule has 4 rings (SSSR count). The fraction of sp³-hybridized carbons (Fsp3) is 0.0909. The highest BCUT2D eigenvalue weighted by molar-refractivity contribution is 7.98. The first kappa shape index (κ1) is 17.8. The van der Waals surface area contributed by atoms with E-state index in [4.69, 9.17) is 9.72 Å². The van der Waals surface area contributed by atoms with Crippen molar-refractivity contribution in [1.82, 2.24) is 9.97 Å². The van der Waals surface area contributed by atoms with Crippen LogP contribution in [0.1, 0.15) is 0 Å². The third-order valence-electron chi connectivity index (χ3n) is 4.27. The second kappa shape index (κ2) is 7.94. The molecule has 0 spiro atoms. The lowest BCUT2D eigenvalue weighted by atomic mass is 10.1. The summed E-state index contributed by atoms with van der Waals surface area (Å²) < 4.78 is 5.29. The number of benzene rings is 2. The second-order valence-electron chi connectivity index (χ2n) is 5.89. The quantitative estimate of drug-likeness (QED) is 0.376. The first-order chi connectivity index (χ1) is 13.3. The Morgan fingerprint density at radius 1 is 0.815 bits per heavy atom. The molecule has 0 N–H and O–H groups in total. The van der Waals surface area contributed by atoms with Gasteiger partial charge in [0.1, 0.15) is 10.8 Å². The zero-order valence-corrected chi connectivity index (χ0v) is 16.7. The number of thiazole rings is 1. The molecule has 0 saturated carbocycles. The van der Waals surface area contributed by atoms with Crippen molar-refractivity contribution in [2.24, 2.45) is 0 Å². The highest BCUT2D eigenvalue weighted by Crippen LogP contribution is 2.40. The van der Waals surface area contributed by atoms with Crippen molar-refractivity contribution in [3.05, 3.63) is 73.1 Å². The van der Waals surface area contributed by atoms with Crippen LogP contribution in [0.2, 0.25) is 0 Å². The van der Waals surface area contributed by atoms with Crippen LogP contribution < -0.4 is 4.74 Å². The van der Waals surface area contributed by atoms with Crippen molar-refractivity contribution in [1.29, 1.82) is 0 Å². The van der Waals surface area contributed by atoms with Crippen LogP contribution in [-0.4, -0.2) is 23.3 Å². The number of ether oxygens (including phenoxy) is 1. The molecule has 2 aromatic carbocycles. The van der Waals surface area contributed by atoms with Crippen LogP contribution in [0.3, 0.4) is 0 Å². The van der Waals surface area contributed by atoms with Gasteiger partial charge in [-0.2, -0.15) is 0 Å². The fourth-order valence-electron chi connectivity index (χ4n) is 2.82. The van der Waals surface area contributed by atoms with E-state index in [2.05, 4.69) is 47.6 Å². The Balaban J connectivity index is 1.83. The molecular weight excluding hydrogens is 372 g/mol. The van der Waals surface area contributed by atoms with Crippen molar-refractivity contribution >= 4 is 23.1 Å². The molecule has 0 saturated heterocycles. The van der Waals surface area contributed by atoms with Crippen LogP contribution >= 0.6 is 23.1 Å². The highest BCUT2D eigenvalue weighted by Gasteiger charge is 2.16. The molecule has 134 valence electrons. The molecule has 0 aliphatic carbocycles. The molecule has 27 heavy (non-hydrogen) atoms. The van der Waals surface area contributed by atoms with Gasteiger partial charge in [0.2, 0.25) is 0 Å². The molecule has 0 aliphatic rings. The lowest BCUT2D eigenvalue weighted by Crippen LogP contribution is -1.85. The van der Waals surface area contributed by atoms with Crippen molar-refractivity contribution in [2.75, 3.05) is 13.4 Å². The van der Waals surface area contributed by atoms with Gasteiger partial charge in [0.15, 0.2) is 0 Å². The van der Waals surface area contributed by atoms with Crippen LogP contribution in [0, 0.1) is 0 Å². The SMILES string of the molecule is COc1ccc(-c2nc(-c3ccc(SC)cc3)sc2-c2ccncc2)cc1. The van der Waals surface area contributed by atoms with Crippen LogP contribution in [0.4, 0.5) is 0 Å². The minimum absolute atomic E-state index is 0.840. The summed E-state index contributed by atoms with van der Waals surface area (Å²) in [4.78, 5) is 11.5. The van der Waals surface area contributed by atoms with E-state index in [9.17, 15) is 0 Å². The molecule has 3 nitrogen and oxygen atoms in total. The Morgan fingerprint density at radius 3 is 2.11 bits per heavy atom. The van der Waals surface area contributed by atoms with Crippen LogP contribution in [0.25, 0.3) is 32.3 Å². The molecule has 0 atom stereocenters. The van der Waals surface area contributed by atoms with E-state index in [1.807, 2.05) is 36.7 Å². The maximum absolute atomic E-state index is 5.29. The van der Waals surface area contributed by atoms with Gasteiger partial charge in [-0.15, -0.1) is 23.1 Å². The van der Waals surface area contributed by atoms with Gasteiger partial charge in [-0.25, -0.2) is 4.98 Å². The van der Waals surface area contributed by atoms with E-state index in [-0.39, 0.29) is 0 Å². The average Bonchev–Trinajstić information content (AvgIpc) is 3.20. The lowest BCUT2D eigenvalue weighted by Gasteiger charge is -2.04. The van der Waals surface area contributed by atoms with Gasteiger partial charge in [-0.3, -0.25) is 4.98 Å². The summed E-state index contributed by atoms with van der Waals surface area (Å²) in [6.45, 7) is 0. The van der Waals surface area contributed by atoms with Crippen molar-refractivity contribution in [2.45, 2.75) is 4.90 Å². The molecule has 0 amide bonds. The van der Waals surface area contributed by atoms with Crippen molar-refractivity contribution in [3.8, 4) is 38.0 Å². The summed E-state index contributed by atoms with van der Waals surface area (Å²) in [5.74, 6) is 0.840. The number of aromatic nitrogens is 2. The second-order valence-corrected chi connectivity index (χ2v) is 7.77. The summed E-state index contributed by atoms with van der Waals surface area (Å²) in [6.07, 6.45) is 5.72. The summed E-state index contributed by atoms with van der Waals surface area (Å²) in [5, 5.41) is 1.01. The number of methoxy groups -OCH3 is 1. The Hall–Kier alpha value is -2.63. The number of pyridine rings is 1. The van der Waals surface area contributed by atoms with E-state index in [1.165, 1.54) is 4.90 Å². The number of thioether (sulfide) groups is 1. The van der Waals surface area contributed by atoms with Gasteiger partial charge >= 0.3 is 0 Å². The predicted molar refractivity (Wildman–Crippen MR) is 115 cm³/mol. The van der Waals surface area contributed by atoms with Crippen LogP contribution in [0.5, 0.6) is 5.75 Å². The van der Waals surface area contributed by atoms with Gasteiger partial charge in [0.05, 0.1) is 17.7 Å². The maximum atomic E-state index is 5.29. The standard InChI is InChI=1S/C22H18N2OS2/c1-25-18-7-3-15(4-8-18)20-21(16-11-13-23-14-12-16)27-22(24-20)17-5-9-19(26-2)10-6-17/h3-14H,1-2H3. The third kappa shape index (κ3) is 3.75. The molecule has 4 aromatic rings.